The third kappa shape index (κ3) is 3.72. The van der Waals surface area contributed by atoms with Crippen molar-refractivity contribution in [2.75, 3.05) is 39.6 Å². The van der Waals surface area contributed by atoms with Gasteiger partial charge >= 0.3 is 0 Å². The van der Waals surface area contributed by atoms with Crippen LogP contribution in [-0.2, 0) is 11.3 Å². The number of hydrogen-bond acceptors (Lipinski definition) is 5. The Labute approximate surface area is 125 Å². The van der Waals surface area contributed by atoms with E-state index < -0.39 is 6.10 Å². The first-order chi connectivity index (χ1) is 10.0. The van der Waals surface area contributed by atoms with Crippen LogP contribution >= 0.6 is 0 Å². The molecule has 0 aliphatic rings. The quantitative estimate of drug-likeness (QED) is 0.751. The molecule has 0 spiro atoms. The minimum absolute atomic E-state index is 0.608. The van der Waals surface area contributed by atoms with E-state index in [-0.39, 0.29) is 0 Å². The Morgan fingerprint density at radius 3 is 2.86 bits per heavy atom. The smallest absolute Gasteiger partial charge is 0.138 e. The number of fused-ring (bicyclic) bond motifs is 1. The highest BCUT2D eigenvalue weighted by atomic mass is 16.5. The highest BCUT2D eigenvalue weighted by molar-refractivity contribution is 5.79. The third-order valence-corrected chi connectivity index (χ3v) is 3.56. The Kier molecular flexibility index (Phi) is 5.17. The molecule has 1 aromatic carbocycles. The predicted octanol–water partition coefficient (Wildman–Crippen LogP) is 1.25. The van der Waals surface area contributed by atoms with E-state index in [0.717, 1.165) is 30.7 Å². The Balaban J connectivity index is 2.22. The molecule has 0 aliphatic carbocycles. The van der Waals surface area contributed by atoms with Crippen LogP contribution in [0.4, 0.5) is 5.69 Å². The number of aliphatic hydroxyl groups excluding tert-OH is 1. The number of hydrogen-bond donors (Lipinski definition) is 2. The van der Waals surface area contributed by atoms with Gasteiger partial charge in [0.1, 0.15) is 11.9 Å². The Hall–Kier alpha value is -1.63. The van der Waals surface area contributed by atoms with Crippen molar-refractivity contribution in [1.29, 1.82) is 0 Å². The standard InChI is InChI=1S/C15H24N4O2/c1-11(20)15-17-13-10-12(16)4-5-14(13)19(15)7-6-18(2)8-9-21-3/h4-5,10-11,20H,6-9,16H2,1-3H3. The zero-order valence-corrected chi connectivity index (χ0v) is 12.9. The van der Waals surface area contributed by atoms with Crippen molar-refractivity contribution in [2.45, 2.75) is 19.6 Å². The number of methoxy groups -OCH3 is 1. The normalized spacial score (nSPS) is 13.2. The van der Waals surface area contributed by atoms with Crippen LogP contribution in [0, 0.1) is 0 Å². The minimum Gasteiger partial charge on any atom is -0.399 e. The van der Waals surface area contributed by atoms with Gasteiger partial charge in [-0.25, -0.2) is 4.98 Å². The lowest BCUT2D eigenvalue weighted by Crippen LogP contribution is -2.27. The second kappa shape index (κ2) is 6.89. The third-order valence-electron chi connectivity index (χ3n) is 3.56. The maximum atomic E-state index is 9.93. The summed E-state index contributed by atoms with van der Waals surface area (Å²) in [6.45, 7) is 4.94. The maximum absolute atomic E-state index is 9.93. The van der Waals surface area contributed by atoms with Crippen molar-refractivity contribution in [3.63, 3.8) is 0 Å². The Morgan fingerprint density at radius 2 is 2.19 bits per heavy atom. The molecular weight excluding hydrogens is 268 g/mol. The topological polar surface area (TPSA) is 76.5 Å². The summed E-state index contributed by atoms with van der Waals surface area (Å²) in [4.78, 5) is 6.70. The highest BCUT2D eigenvalue weighted by Crippen LogP contribution is 2.22. The lowest BCUT2D eigenvalue weighted by Gasteiger charge is -2.18. The van der Waals surface area contributed by atoms with Gasteiger partial charge in [-0.15, -0.1) is 0 Å². The van der Waals surface area contributed by atoms with E-state index in [1.807, 2.05) is 18.2 Å². The van der Waals surface area contributed by atoms with E-state index in [9.17, 15) is 5.11 Å². The van der Waals surface area contributed by atoms with E-state index in [1.54, 1.807) is 14.0 Å². The van der Waals surface area contributed by atoms with Crippen LogP contribution < -0.4 is 5.73 Å². The maximum Gasteiger partial charge on any atom is 0.138 e. The van der Waals surface area contributed by atoms with Crippen LogP contribution in [-0.4, -0.2) is 53.4 Å². The minimum atomic E-state index is -0.608. The van der Waals surface area contributed by atoms with Gasteiger partial charge in [-0.05, 0) is 32.2 Å². The molecule has 1 unspecified atom stereocenters. The molecule has 0 saturated carbocycles. The molecule has 116 valence electrons. The van der Waals surface area contributed by atoms with E-state index in [4.69, 9.17) is 10.5 Å². The molecule has 0 aliphatic heterocycles. The highest BCUT2D eigenvalue weighted by Gasteiger charge is 2.15. The molecule has 0 fully saturated rings. The summed E-state index contributed by atoms with van der Waals surface area (Å²) < 4.78 is 7.14. The van der Waals surface area contributed by atoms with Crippen molar-refractivity contribution < 1.29 is 9.84 Å². The average Bonchev–Trinajstić information content (AvgIpc) is 2.80. The van der Waals surface area contributed by atoms with Crippen LogP contribution in [0.1, 0.15) is 18.9 Å². The summed E-state index contributed by atoms with van der Waals surface area (Å²) in [6.07, 6.45) is -0.608. The second-order valence-corrected chi connectivity index (χ2v) is 5.34. The van der Waals surface area contributed by atoms with Crippen molar-refractivity contribution >= 4 is 16.7 Å². The van der Waals surface area contributed by atoms with E-state index >= 15 is 0 Å². The van der Waals surface area contributed by atoms with Crippen LogP contribution in [0.5, 0.6) is 0 Å². The number of nitrogen functional groups attached to an aromatic ring is 1. The van der Waals surface area contributed by atoms with Crippen molar-refractivity contribution in [1.82, 2.24) is 14.5 Å². The summed E-state index contributed by atoms with van der Waals surface area (Å²) in [5.41, 5.74) is 8.31. The molecule has 0 radical (unpaired) electrons. The summed E-state index contributed by atoms with van der Waals surface area (Å²) in [7, 11) is 3.76. The van der Waals surface area contributed by atoms with E-state index in [2.05, 4.69) is 21.5 Å². The molecule has 1 heterocycles. The molecule has 6 nitrogen and oxygen atoms in total. The lowest BCUT2D eigenvalue weighted by atomic mass is 10.3. The van der Waals surface area contributed by atoms with Crippen molar-refractivity contribution in [3.05, 3.63) is 24.0 Å². The van der Waals surface area contributed by atoms with Crippen molar-refractivity contribution in [2.24, 2.45) is 0 Å². The van der Waals surface area contributed by atoms with Gasteiger partial charge in [-0.2, -0.15) is 0 Å². The molecule has 1 aromatic heterocycles. The summed E-state index contributed by atoms with van der Waals surface area (Å²) in [5.74, 6) is 0.677. The Bertz CT molecular complexity index is 595. The van der Waals surface area contributed by atoms with Crippen LogP contribution in [0.3, 0.4) is 0 Å². The lowest BCUT2D eigenvalue weighted by molar-refractivity contribution is 0.157. The average molecular weight is 292 g/mol. The monoisotopic (exact) mass is 292 g/mol. The van der Waals surface area contributed by atoms with Gasteiger partial charge in [0.25, 0.3) is 0 Å². The summed E-state index contributed by atoms with van der Waals surface area (Å²) >= 11 is 0. The molecule has 2 aromatic rings. The Morgan fingerprint density at radius 1 is 1.43 bits per heavy atom. The number of anilines is 1. The largest absolute Gasteiger partial charge is 0.399 e. The molecule has 0 amide bonds. The number of aliphatic hydroxyl groups is 1. The van der Waals surface area contributed by atoms with Gasteiger partial charge in [-0.3, -0.25) is 0 Å². The number of rotatable bonds is 7. The summed E-state index contributed by atoms with van der Waals surface area (Å²) in [5, 5.41) is 9.93. The molecule has 0 bridgehead atoms. The number of likely N-dealkylation sites (N-methyl/N-ethyl adjacent to an activating group) is 1. The predicted molar refractivity (Wildman–Crippen MR) is 84.2 cm³/mol. The number of nitrogens with zero attached hydrogens (tertiary/aromatic N) is 3. The number of ether oxygens (including phenoxy) is 1. The molecule has 6 heteroatoms. The van der Waals surface area contributed by atoms with Gasteiger partial charge in [0.05, 0.1) is 17.6 Å². The fourth-order valence-electron chi connectivity index (χ4n) is 2.35. The number of nitrogens with two attached hydrogens (primary N) is 1. The first-order valence-electron chi connectivity index (χ1n) is 7.14. The zero-order chi connectivity index (χ0) is 15.4. The summed E-state index contributed by atoms with van der Waals surface area (Å²) in [6, 6.07) is 5.66. The molecule has 3 N–H and O–H groups in total. The van der Waals surface area contributed by atoms with E-state index in [1.165, 1.54) is 0 Å². The van der Waals surface area contributed by atoms with Crippen molar-refractivity contribution in [3.8, 4) is 0 Å². The van der Waals surface area contributed by atoms with Gasteiger partial charge in [0.2, 0.25) is 0 Å². The van der Waals surface area contributed by atoms with E-state index in [0.29, 0.717) is 18.1 Å². The van der Waals surface area contributed by atoms with Gasteiger partial charge in [0, 0.05) is 32.4 Å². The van der Waals surface area contributed by atoms with Crippen LogP contribution in [0.25, 0.3) is 11.0 Å². The fraction of sp³-hybridized carbons (Fsp3) is 0.533. The first-order valence-corrected chi connectivity index (χ1v) is 7.14. The molecule has 21 heavy (non-hydrogen) atoms. The number of aromatic nitrogens is 2. The molecular formula is C15H24N4O2. The molecule has 0 saturated heterocycles. The van der Waals surface area contributed by atoms with Gasteiger partial charge in [0.15, 0.2) is 0 Å². The molecule has 2 rings (SSSR count). The molecule has 1 atom stereocenters. The van der Waals surface area contributed by atoms with Gasteiger partial charge < -0.3 is 25.0 Å². The number of imidazole rings is 1. The fourth-order valence-corrected chi connectivity index (χ4v) is 2.35. The number of benzene rings is 1. The first kappa shape index (κ1) is 15.8. The van der Waals surface area contributed by atoms with Gasteiger partial charge in [-0.1, -0.05) is 0 Å². The van der Waals surface area contributed by atoms with Crippen LogP contribution in [0.2, 0.25) is 0 Å². The second-order valence-electron chi connectivity index (χ2n) is 5.34. The zero-order valence-electron chi connectivity index (χ0n) is 12.9. The van der Waals surface area contributed by atoms with Crippen LogP contribution in [0.15, 0.2) is 18.2 Å². The SMILES string of the molecule is COCCN(C)CCn1c(C(C)O)nc2cc(N)ccc21.